The zero-order valence-electron chi connectivity index (χ0n) is 6.23. The SMILES string of the molecule is O=C1C[C]Nc2ccc(Br)cc21. The Morgan fingerprint density at radius 3 is 3.17 bits per heavy atom. The predicted octanol–water partition coefficient (Wildman–Crippen LogP) is 2.49. The van der Waals surface area contributed by atoms with Crippen LogP contribution >= 0.6 is 15.9 Å². The van der Waals surface area contributed by atoms with Crippen molar-refractivity contribution in [3.8, 4) is 0 Å². The van der Waals surface area contributed by atoms with Gasteiger partial charge in [-0.25, -0.2) is 0 Å². The van der Waals surface area contributed by atoms with Crippen LogP contribution in [0.25, 0.3) is 0 Å². The lowest BCUT2D eigenvalue weighted by Crippen LogP contribution is -2.13. The number of nitrogens with one attached hydrogen (secondary N) is 1. The van der Waals surface area contributed by atoms with Gasteiger partial charge in [-0.15, -0.1) is 0 Å². The van der Waals surface area contributed by atoms with Crippen LogP contribution in [0, 0.1) is 6.54 Å². The molecule has 0 aliphatic carbocycles. The highest BCUT2D eigenvalue weighted by atomic mass is 79.9. The lowest BCUT2D eigenvalue weighted by Gasteiger charge is -2.15. The van der Waals surface area contributed by atoms with E-state index in [0.29, 0.717) is 6.42 Å². The molecule has 0 spiro atoms. The van der Waals surface area contributed by atoms with Gasteiger partial charge < -0.3 is 5.32 Å². The second-order valence-electron chi connectivity index (χ2n) is 2.59. The molecule has 1 N–H and O–H groups in total. The highest BCUT2D eigenvalue weighted by Crippen LogP contribution is 2.26. The summed E-state index contributed by atoms with van der Waals surface area (Å²) in [5, 5.41) is 2.93. The molecule has 2 nitrogen and oxygen atoms in total. The maximum absolute atomic E-state index is 11.3. The van der Waals surface area contributed by atoms with E-state index in [0.717, 1.165) is 15.7 Å². The fourth-order valence-electron chi connectivity index (χ4n) is 1.17. The van der Waals surface area contributed by atoms with E-state index in [1.165, 1.54) is 0 Å². The largest absolute Gasteiger partial charge is 0.374 e. The average Bonchev–Trinajstić information content (AvgIpc) is 2.07. The molecule has 0 bridgehead atoms. The third-order valence-corrected chi connectivity index (χ3v) is 2.25. The molecule has 1 aromatic rings. The number of benzene rings is 1. The smallest absolute Gasteiger partial charge is 0.167 e. The van der Waals surface area contributed by atoms with Gasteiger partial charge in [0.1, 0.15) is 0 Å². The molecule has 1 heterocycles. The van der Waals surface area contributed by atoms with Gasteiger partial charge in [-0.05, 0) is 18.2 Å². The number of carbonyl (C=O) groups excluding carboxylic acids is 1. The zero-order valence-corrected chi connectivity index (χ0v) is 7.81. The summed E-state index contributed by atoms with van der Waals surface area (Å²) in [5.74, 6) is 0.116. The van der Waals surface area contributed by atoms with Crippen LogP contribution in [0.15, 0.2) is 22.7 Å². The number of ketones is 1. The molecule has 0 unspecified atom stereocenters. The van der Waals surface area contributed by atoms with E-state index in [1.54, 1.807) is 0 Å². The van der Waals surface area contributed by atoms with Gasteiger partial charge in [0.15, 0.2) is 5.78 Å². The van der Waals surface area contributed by atoms with E-state index in [9.17, 15) is 4.79 Å². The Morgan fingerprint density at radius 1 is 1.50 bits per heavy atom. The standard InChI is InChI=1S/C9H6BrNO/c10-6-1-2-8-7(5-6)9(12)3-4-11-8/h1-2,5,11H,3H2. The van der Waals surface area contributed by atoms with Crippen molar-refractivity contribution in [2.75, 3.05) is 5.32 Å². The number of hydrogen-bond donors (Lipinski definition) is 1. The molecule has 0 saturated heterocycles. The molecule has 2 radical (unpaired) electrons. The van der Waals surface area contributed by atoms with Gasteiger partial charge in [-0.2, -0.15) is 0 Å². The molecule has 0 aromatic heterocycles. The van der Waals surface area contributed by atoms with Crippen molar-refractivity contribution in [1.82, 2.24) is 0 Å². The van der Waals surface area contributed by atoms with Crippen molar-refractivity contribution in [3.05, 3.63) is 34.8 Å². The maximum atomic E-state index is 11.3. The van der Waals surface area contributed by atoms with Gasteiger partial charge >= 0.3 is 0 Å². The second-order valence-corrected chi connectivity index (χ2v) is 3.51. The molecule has 0 fully saturated rings. The summed E-state index contributed by atoms with van der Waals surface area (Å²) < 4.78 is 0.929. The third-order valence-electron chi connectivity index (χ3n) is 1.75. The Bertz CT molecular complexity index is 335. The molecule has 1 aromatic carbocycles. The minimum Gasteiger partial charge on any atom is -0.374 e. The second kappa shape index (κ2) is 2.90. The normalized spacial score (nSPS) is 15.2. The summed E-state index contributed by atoms with van der Waals surface area (Å²) in [4.78, 5) is 11.3. The lowest BCUT2D eigenvalue weighted by molar-refractivity contribution is 0.0990. The van der Waals surface area contributed by atoms with E-state index in [4.69, 9.17) is 0 Å². The average molecular weight is 224 g/mol. The molecule has 1 aliphatic rings. The van der Waals surface area contributed by atoms with Crippen LogP contribution in [0.3, 0.4) is 0 Å². The van der Waals surface area contributed by atoms with Crippen molar-refractivity contribution < 1.29 is 4.79 Å². The molecule has 2 rings (SSSR count). The van der Waals surface area contributed by atoms with Crippen LogP contribution in [0.1, 0.15) is 16.8 Å². The number of fused-ring (bicyclic) bond motifs is 1. The van der Waals surface area contributed by atoms with Crippen LogP contribution in [0.5, 0.6) is 0 Å². The van der Waals surface area contributed by atoms with E-state index < -0.39 is 0 Å². The summed E-state index contributed by atoms with van der Waals surface area (Å²) in [6, 6.07) is 5.58. The van der Waals surface area contributed by atoms with Crippen LogP contribution < -0.4 is 5.32 Å². The van der Waals surface area contributed by atoms with Crippen LogP contribution in [0.2, 0.25) is 0 Å². The third kappa shape index (κ3) is 1.25. The maximum Gasteiger partial charge on any atom is 0.167 e. The zero-order chi connectivity index (χ0) is 8.55. The Hall–Kier alpha value is -0.830. The molecular formula is C9H6BrNO. The highest BCUT2D eigenvalue weighted by molar-refractivity contribution is 9.10. The van der Waals surface area contributed by atoms with E-state index in [2.05, 4.69) is 27.8 Å². The summed E-state index contributed by atoms with van der Waals surface area (Å²) in [7, 11) is 0. The van der Waals surface area contributed by atoms with Gasteiger partial charge in [0, 0.05) is 22.1 Å². The first kappa shape index (κ1) is 7.80. The van der Waals surface area contributed by atoms with Gasteiger partial charge in [0.05, 0.1) is 6.54 Å². The Morgan fingerprint density at radius 2 is 2.33 bits per heavy atom. The summed E-state index contributed by atoms with van der Waals surface area (Å²) >= 11 is 3.32. The first-order chi connectivity index (χ1) is 5.77. The number of Topliss-reactive ketones (excluding diaryl/α,β-unsaturated/α-hetero) is 1. The lowest BCUT2D eigenvalue weighted by atomic mass is 10.0. The summed E-state index contributed by atoms with van der Waals surface area (Å²) in [6.45, 7) is 2.80. The van der Waals surface area contributed by atoms with Gasteiger partial charge in [0.25, 0.3) is 0 Å². The van der Waals surface area contributed by atoms with Crippen LogP contribution in [0.4, 0.5) is 5.69 Å². The predicted molar refractivity (Wildman–Crippen MR) is 50.0 cm³/mol. The molecular weight excluding hydrogens is 218 g/mol. The van der Waals surface area contributed by atoms with E-state index in [1.807, 2.05) is 18.2 Å². The van der Waals surface area contributed by atoms with Crippen LogP contribution in [-0.4, -0.2) is 5.78 Å². The van der Waals surface area contributed by atoms with Gasteiger partial charge in [-0.1, -0.05) is 15.9 Å². The number of anilines is 1. The van der Waals surface area contributed by atoms with Crippen molar-refractivity contribution in [2.45, 2.75) is 6.42 Å². The number of halogens is 1. The number of hydrogen-bond acceptors (Lipinski definition) is 2. The molecule has 3 heteroatoms. The van der Waals surface area contributed by atoms with Crippen LogP contribution in [-0.2, 0) is 0 Å². The van der Waals surface area contributed by atoms with Gasteiger partial charge in [0.2, 0.25) is 0 Å². The minimum absolute atomic E-state index is 0.116. The monoisotopic (exact) mass is 223 g/mol. The Balaban J connectivity index is 2.54. The molecule has 0 saturated carbocycles. The van der Waals surface area contributed by atoms with Crippen molar-refractivity contribution >= 4 is 27.4 Å². The highest BCUT2D eigenvalue weighted by Gasteiger charge is 2.16. The summed E-state index contributed by atoms with van der Waals surface area (Å²) in [6.07, 6.45) is 0.351. The Labute approximate surface area is 79.1 Å². The fourth-order valence-corrected chi connectivity index (χ4v) is 1.53. The number of carbonyl (C=O) groups is 1. The van der Waals surface area contributed by atoms with E-state index >= 15 is 0 Å². The van der Waals surface area contributed by atoms with Crippen molar-refractivity contribution in [1.29, 1.82) is 0 Å². The molecule has 60 valence electrons. The first-order valence-electron chi connectivity index (χ1n) is 3.59. The van der Waals surface area contributed by atoms with Crippen molar-refractivity contribution in [3.63, 3.8) is 0 Å². The molecule has 0 atom stereocenters. The first-order valence-corrected chi connectivity index (χ1v) is 4.38. The number of rotatable bonds is 0. The topological polar surface area (TPSA) is 29.1 Å². The minimum atomic E-state index is 0.116. The van der Waals surface area contributed by atoms with E-state index in [-0.39, 0.29) is 5.78 Å². The van der Waals surface area contributed by atoms with Gasteiger partial charge in [-0.3, -0.25) is 4.79 Å². The van der Waals surface area contributed by atoms with Crippen molar-refractivity contribution in [2.24, 2.45) is 0 Å². The fraction of sp³-hybridized carbons (Fsp3) is 0.111. The molecule has 1 aliphatic heterocycles. The summed E-state index contributed by atoms with van der Waals surface area (Å²) in [5.41, 5.74) is 1.58. The molecule has 0 amide bonds. The molecule has 12 heavy (non-hydrogen) atoms. The Kier molecular flexibility index (Phi) is 1.89. The quantitative estimate of drug-likeness (QED) is 0.733.